The number of aromatic nitrogens is 4. The van der Waals surface area contributed by atoms with Gasteiger partial charge in [0, 0.05) is 0 Å². The second-order valence-electron chi connectivity index (χ2n) is 9.89. The van der Waals surface area contributed by atoms with Gasteiger partial charge < -0.3 is 0 Å². The van der Waals surface area contributed by atoms with Gasteiger partial charge >= 0.3 is 230 Å². The van der Waals surface area contributed by atoms with Crippen LogP contribution in [0, 0.1) is 0 Å². The second kappa shape index (κ2) is 7.90. The number of hydrogen-bond donors (Lipinski definition) is 0. The van der Waals surface area contributed by atoms with E-state index in [4.69, 9.17) is 0 Å². The Hall–Kier alpha value is -4.70. The molecule has 0 atom stereocenters. The molecule has 4 aromatic heterocycles. The fourth-order valence-electron chi connectivity index (χ4n) is 6.25. The average Bonchev–Trinajstić information content (AvgIpc) is 3.64. The van der Waals surface area contributed by atoms with Crippen molar-refractivity contribution in [3.63, 3.8) is 0 Å². The number of para-hydroxylation sites is 3. The molecule has 39 heavy (non-hydrogen) atoms. The van der Waals surface area contributed by atoms with Crippen LogP contribution >= 0.6 is 0 Å². The molecule has 9 rings (SSSR count). The molecule has 0 bridgehead atoms. The molecular weight excluding hydrogens is 543 g/mol. The van der Waals surface area contributed by atoms with Crippen molar-refractivity contribution < 1.29 is 0 Å². The molecule has 9 aromatic rings. The Kier molecular flexibility index (Phi) is 4.31. The summed E-state index contributed by atoms with van der Waals surface area (Å²) in [6.45, 7) is 0. The molecule has 0 radical (unpaired) electrons. The summed E-state index contributed by atoms with van der Waals surface area (Å²) in [5, 5.41) is 6.30. The predicted molar refractivity (Wildman–Crippen MR) is 163 cm³/mol. The van der Waals surface area contributed by atoms with Crippen LogP contribution in [0.3, 0.4) is 0 Å². The third kappa shape index (κ3) is 2.89. The molecule has 0 aliphatic rings. The van der Waals surface area contributed by atoms with E-state index in [0.29, 0.717) is 0 Å². The van der Waals surface area contributed by atoms with Gasteiger partial charge in [0.15, 0.2) is 0 Å². The minimum atomic E-state index is 0.153. The number of hydrogen-bond acceptors (Lipinski definition) is 2. The average molecular weight is 564 g/mol. The second-order valence-corrected chi connectivity index (χ2v) is 12.1. The molecule has 4 heterocycles. The summed E-state index contributed by atoms with van der Waals surface area (Å²) in [7, 11) is 0. The van der Waals surface area contributed by atoms with Crippen LogP contribution in [0.15, 0.2) is 122 Å². The zero-order valence-electron chi connectivity index (χ0n) is 20.7. The summed E-state index contributed by atoms with van der Waals surface area (Å²) in [5.74, 6) is 0. The van der Waals surface area contributed by atoms with E-state index in [1.165, 1.54) is 64.6 Å². The van der Waals surface area contributed by atoms with Gasteiger partial charge in [-0.2, -0.15) is 0 Å². The molecule has 182 valence electrons. The predicted octanol–water partition coefficient (Wildman–Crippen LogP) is 8.03. The quantitative estimate of drug-likeness (QED) is 0.200. The molecule has 0 unspecified atom stereocenters. The first-order valence-corrected chi connectivity index (χ1v) is 14.7. The number of rotatable bonds is 2. The SMILES string of the molecule is c1ccc(-n2c3ccccc3c3ccc4c(c5ccccc5n4-c4ccc5c(c4)[se]c4nccnc45)c32)cc1. The fourth-order valence-corrected chi connectivity index (χ4v) is 8.42. The first-order chi connectivity index (χ1) is 19.4. The first kappa shape index (κ1) is 21.3. The standard InChI is InChI=1S/C34H20N4Se/c1-2-8-21(9-3-1)38-27-12-6-4-10-23(27)24-16-17-29-31(33(24)38)25-11-5-7-13-28(25)37(29)22-14-15-26-30(20-22)39-34-32(26)35-18-19-36-34/h1-20H. The van der Waals surface area contributed by atoms with Crippen molar-refractivity contribution >= 4 is 77.7 Å². The summed E-state index contributed by atoms with van der Waals surface area (Å²) in [6.07, 6.45) is 3.60. The van der Waals surface area contributed by atoms with Gasteiger partial charge in [0.05, 0.1) is 0 Å². The van der Waals surface area contributed by atoms with Crippen LogP contribution in [0.1, 0.15) is 0 Å². The molecule has 0 saturated carbocycles. The summed E-state index contributed by atoms with van der Waals surface area (Å²) >= 11 is 0.153. The van der Waals surface area contributed by atoms with Crippen LogP contribution in [0.4, 0.5) is 0 Å². The third-order valence-electron chi connectivity index (χ3n) is 7.83. The maximum atomic E-state index is 4.63. The van der Waals surface area contributed by atoms with Crippen molar-refractivity contribution in [3.8, 4) is 11.4 Å². The van der Waals surface area contributed by atoms with Crippen LogP contribution in [0.25, 0.3) is 74.5 Å². The molecular formula is C34H20N4Se. The summed E-state index contributed by atoms with van der Waals surface area (Å²) < 4.78 is 7.32. The first-order valence-electron chi connectivity index (χ1n) is 13.0. The molecule has 0 spiro atoms. The molecule has 0 aliphatic heterocycles. The van der Waals surface area contributed by atoms with E-state index >= 15 is 0 Å². The maximum absolute atomic E-state index is 4.63. The topological polar surface area (TPSA) is 35.6 Å². The summed E-state index contributed by atoms with van der Waals surface area (Å²) in [5.41, 5.74) is 8.28. The number of fused-ring (bicyclic) bond motifs is 10. The van der Waals surface area contributed by atoms with Crippen LogP contribution < -0.4 is 0 Å². The Morgan fingerprint density at radius 1 is 0.513 bits per heavy atom. The van der Waals surface area contributed by atoms with E-state index in [0.717, 1.165) is 9.91 Å². The summed E-state index contributed by atoms with van der Waals surface area (Å²) in [6, 6.07) is 39.7. The molecule has 0 saturated heterocycles. The number of benzene rings is 5. The van der Waals surface area contributed by atoms with Crippen molar-refractivity contribution in [2.24, 2.45) is 0 Å². The molecule has 0 aliphatic carbocycles. The Labute approximate surface area is 229 Å². The van der Waals surface area contributed by atoms with Crippen LogP contribution in [-0.2, 0) is 0 Å². The minimum absolute atomic E-state index is 0.153. The zero-order chi connectivity index (χ0) is 25.5. The van der Waals surface area contributed by atoms with E-state index < -0.39 is 0 Å². The van der Waals surface area contributed by atoms with Gasteiger partial charge in [0.2, 0.25) is 0 Å². The van der Waals surface area contributed by atoms with Gasteiger partial charge in [-0.25, -0.2) is 0 Å². The Morgan fingerprint density at radius 3 is 2.10 bits per heavy atom. The monoisotopic (exact) mass is 564 g/mol. The van der Waals surface area contributed by atoms with Crippen LogP contribution in [0.5, 0.6) is 0 Å². The Balaban J connectivity index is 1.45. The van der Waals surface area contributed by atoms with Gasteiger partial charge in [0.1, 0.15) is 0 Å². The van der Waals surface area contributed by atoms with E-state index in [1.54, 1.807) is 12.4 Å². The van der Waals surface area contributed by atoms with Gasteiger partial charge in [-0.05, 0) is 0 Å². The molecule has 5 aromatic carbocycles. The van der Waals surface area contributed by atoms with E-state index in [1.807, 2.05) is 0 Å². The van der Waals surface area contributed by atoms with Crippen molar-refractivity contribution in [3.05, 3.63) is 122 Å². The molecule has 0 N–H and O–H groups in total. The Bertz CT molecular complexity index is 2390. The van der Waals surface area contributed by atoms with Crippen molar-refractivity contribution in [1.29, 1.82) is 0 Å². The van der Waals surface area contributed by atoms with Gasteiger partial charge in [-0.3, -0.25) is 0 Å². The normalized spacial score (nSPS) is 12.1. The third-order valence-corrected chi connectivity index (χ3v) is 10.0. The molecule has 0 amide bonds. The zero-order valence-corrected chi connectivity index (χ0v) is 22.5. The van der Waals surface area contributed by atoms with Crippen LogP contribution in [0.2, 0.25) is 0 Å². The van der Waals surface area contributed by atoms with Crippen molar-refractivity contribution in [2.75, 3.05) is 0 Å². The fraction of sp³-hybridized carbons (Fsp3) is 0. The van der Waals surface area contributed by atoms with Gasteiger partial charge in [-0.1, -0.05) is 0 Å². The van der Waals surface area contributed by atoms with Crippen LogP contribution in [-0.4, -0.2) is 33.6 Å². The van der Waals surface area contributed by atoms with E-state index in [9.17, 15) is 0 Å². The number of nitrogens with zero attached hydrogens (tertiary/aromatic N) is 4. The van der Waals surface area contributed by atoms with Crippen molar-refractivity contribution in [1.82, 2.24) is 19.1 Å². The summed E-state index contributed by atoms with van der Waals surface area (Å²) in [4.78, 5) is 9.25. The molecule has 4 nitrogen and oxygen atoms in total. The van der Waals surface area contributed by atoms with Crippen molar-refractivity contribution in [2.45, 2.75) is 0 Å². The molecule has 5 heteroatoms. The van der Waals surface area contributed by atoms with Gasteiger partial charge in [0.25, 0.3) is 0 Å². The molecule has 0 fully saturated rings. The Morgan fingerprint density at radius 2 is 1.23 bits per heavy atom. The van der Waals surface area contributed by atoms with Gasteiger partial charge in [-0.15, -0.1) is 0 Å². The van der Waals surface area contributed by atoms with E-state index in [-0.39, 0.29) is 14.5 Å². The van der Waals surface area contributed by atoms with E-state index in [2.05, 4.69) is 128 Å².